The van der Waals surface area contributed by atoms with Crippen molar-refractivity contribution in [3.63, 3.8) is 0 Å². The fourth-order valence-corrected chi connectivity index (χ4v) is 3.60. The topological polar surface area (TPSA) is 68.8 Å². The van der Waals surface area contributed by atoms with E-state index in [1.165, 1.54) is 16.2 Å². The molecule has 0 aliphatic carbocycles. The Labute approximate surface area is 162 Å². The third kappa shape index (κ3) is 4.96. The van der Waals surface area contributed by atoms with Crippen molar-refractivity contribution < 1.29 is 18.8 Å². The van der Waals surface area contributed by atoms with Crippen LogP contribution in [0.15, 0.2) is 52.5 Å². The van der Waals surface area contributed by atoms with Crippen molar-refractivity contribution in [2.75, 3.05) is 27.7 Å². The zero-order valence-electron chi connectivity index (χ0n) is 15.7. The first-order valence-corrected chi connectivity index (χ1v) is 9.63. The van der Waals surface area contributed by atoms with E-state index in [4.69, 9.17) is 9.15 Å². The van der Waals surface area contributed by atoms with Crippen molar-refractivity contribution in [3.05, 3.63) is 59.5 Å². The molecule has 1 atom stereocenters. The van der Waals surface area contributed by atoms with Crippen LogP contribution in [0.2, 0.25) is 0 Å². The normalized spacial score (nSPS) is 12.1. The Balaban J connectivity index is 1.57. The SMILES string of the molecule is COc1ccc(-c2nc(CC(=O)NC[C@H](c3ccco3)[NH+](C)C)cs2)cc1. The number of carbonyl (C=O) groups is 1. The molecule has 0 unspecified atom stereocenters. The summed E-state index contributed by atoms with van der Waals surface area (Å²) < 4.78 is 10.7. The lowest BCUT2D eigenvalue weighted by Crippen LogP contribution is -3.07. The second-order valence-corrected chi connectivity index (χ2v) is 7.36. The van der Waals surface area contributed by atoms with Gasteiger partial charge in [-0.2, -0.15) is 0 Å². The minimum absolute atomic E-state index is 0.0422. The molecule has 142 valence electrons. The number of methoxy groups -OCH3 is 1. The molecule has 3 rings (SSSR count). The second-order valence-electron chi connectivity index (χ2n) is 6.50. The summed E-state index contributed by atoms with van der Waals surface area (Å²) in [6.45, 7) is 0.518. The third-order valence-corrected chi connectivity index (χ3v) is 5.26. The van der Waals surface area contributed by atoms with Crippen LogP contribution in [0, 0.1) is 0 Å². The van der Waals surface area contributed by atoms with Crippen molar-refractivity contribution in [1.29, 1.82) is 0 Å². The van der Waals surface area contributed by atoms with Gasteiger partial charge in [-0.25, -0.2) is 4.98 Å². The number of thiazole rings is 1. The number of hydrogen-bond donors (Lipinski definition) is 2. The minimum atomic E-state index is -0.0422. The van der Waals surface area contributed by atoms with E-state index in [1.54, 1.807) is 13.4 Å². The van der Waals surface area contributed by atoms with Crippen LogP contribution in [0.5, 0.6) is 5.75 Å². The second kappa shape index (κ2) is 8.83. The maximum atomic E-state index is 12.3. The molecule has 1 amide bonds. The van der Waals surface area contributed by atoms with Crippen LogP contribution in [-0.4, -0.2) is 38.6 Å². The van der Waals surface area contributed by atoms with Crippen molar-refractivity contribution in [1.82, 2.24) is 10.3 Å². The van der Waals surface area contributed by atoms with E-state index < -0.39 is 0 Å². The molecule has 0 fully saturated rings. The van der Waals surface area contributed by atoms with Gasteiger partial charge in [0.2, 0.25) is 5.91 Å². The van der Waals surface area contributed by atoms with Crippen LogP contribution in [0.1, 0.15) is 17.5 Å². The van der Waals surface area contributed by atoms with Gasteiger partial charge in [0, 0.05) is 10.9 Å². The van der Waals surface area contributed by atoms with Gasteiger partial charge in [0.1, 0.15) is 10.8 Å². The summed E-state index contributed by atoms with van der Waals surface area (Å²) in [4.78, 5) is 18.1. The number of quaternary nitrogens is 1. The molecule has 27 heavy (non-hydrogen) atoms. The Morgan fingerprint density at radius 1 is 1.30 bits per heavy atom. The van der Waals surface area contributed by atoms with Crippen molar-refractivity contribution in [2.45, 2.75) is 12.5 Å². The number of benzene rings is 1. The maximum Gasteiger partial charge on any atom is 0.226 e. The van der Waals surface area contributed by atoms with Gasteiger partial charge >= 0.3 is 0 Å². The Bertz CT molecular complexity index is 857. The first-order chi connectivity index (χ1) is 13.1. The number of ether oxygens (including phenoxy) is 1. The summed E-state index contributed by atoms with van der Waals surface area (Å²) >= 11 is 1.53. The number of nitrogens with zero attached hydrogens (tertiary/aromatic N) is 1. The van der Waals surface area contributed by atoms with E-state index >= 15 is 0 Å². The highest BCUT2D eigenvalue weighted by molar-refractivity contribution is 7.13. The summed E-state index contributed by atoms with van der Waals surface area (Å²) in [6, 6.07) is 11.6. The van der Waals surface area contributed by atoms with Gasteiger partial charge in [0.05, 0.1) is 46.1 Å². The lowest BCUT2D eigenvalue weighted by atomic mass is 10.2. The lowest BCUT2D eigenvalue weighted by molar-refractivity contribution is -0.891. The lowest BCUT2D eigenvalue weighted by Gasteiger charge is -2.19. The predicted molar refractivity (Wildman–Crippen MR) is 105 cm³/mol. The van der Waals surface area contributed by atoms with E-state index in [0.717, 1.165) is 27.8 Å². The number of rotatable bonds is 8. The number of carbonyl (C=O) groups excluding carboxylic acids is 1. The number of hydrogen-bond acceptors (Lipinski definition) is 5. The molecule has 0 spiro atoms. The molecule has 0 radical (unpaired) electrons. The van der Waals surface area contributed by atoms with E-state index in [-0.39, 0.29) is 18.4 Å². The highest BCUT2D eigenvalue weighted by Crippen LogP contribution is 2.25. The van der Waals surface area contributed by atoms with Crippen molar-refractivity contribution >= 4 is 17.2 Å². The fraction of sp³-hybridized carbons (Fsp3) is 0.300. The molecule has 0 saturated carbocycles. The molecule has 6 nitrogen and oxygen atoms in total. The smallest absolute Gasteiger partial charge is 0.226 e. The summed E-state index contributed by atoms with van der Waals surface area (Å²) in [6.07, 6.45) is 1.92. The van der Waals surface area contributed by atoms with Gasteiger partial charge in [-0.15, -0.1) is 11.3 Å². The van der Waals surface area contributed by atoms with E-state index in [0.29, 0.717) is 6.54 Å². The molecule has 1 aromatic carbocycles. The summed E-state index contributed by atoms with van der Waals surface area (Å²) in [7, 11) is 5.73. The predicted octanol–water partition coefficient (Wildman–Crippen LogP) is 1.96. The Morgan fingerprint density at radius 3 is 2.70 bits per heavy atom. The van der Waals surface area contributed by atoms with Crippen molar-refractivity contribution in [3.8, 4) is 16.3 Å². The Kier molecular flexibility index (Phi) is 6.26. The van der Waals surface area contributed by atoms with E-state index in [2.05, 4.69) is 10.3 Å². The van der Waals surface area contributed by atoms with Crippen molar-refractivity contribution in [2.24, 2.45) is 0 Å². The molecule has 0 aliphatic heterocycles. The van der Waals surface area contributed by atoms with Gasteiger partial charge < -0.3 is 19.4 Å². The first kappa shape index (κ1) is 19.1. The quantitative estimate of drug-likeness (QED) is 0.621. The maximum absolute atomic E-state index is 12.3. The van der Waals surface area contributed by atoms with Crippen LogP contribution in [0.25, 0.3) is 10.6 Å². The van der Waals surface area contributed by atoms with Gasteiger partial charge in [0.15, 0.2) is 11.8 Å². The number of aromatic nitrogens is 1. The van der Waals surface area contributed by atoms with Gasteiger partial charge in [-0.05, 0) is 36.4 Å². The molecular weight excluding hydrogens is 362 g/mol. The minimum Gasteiger partial charge on any atom is -0.497 e. The number of nitrogens with one attached hydrogen (secondary N) is 2. The number of amides is 1. The molecule has 0 aliphatic rings. The Hall–Kier alpha value is -2.64. The molecule has 2 aromatic heterocycles. The summed E-state index contributed by atoms with van der Waals surface area (Å²) in [5, 5.41) is 5.82. The van der Waals surface area contributed by atoms with Gasteiger partial charge in [0.25, 0.3) is 0 Å². The highest BCUT2D eigenvalue weighted by atomic mass is 32.1. The van der Waals surface area contributed by atoms with Crippen LogP contribution in [0.3, 0.4) is 0 Å². The zero-order chi connectivity index (χ0) is 19.2. The van der Waals surface area contributed by atoms with Crippen LogP contribution in [-0.2, 0) is 11.2 Å². The van der Waals surface area contributed by atoms with E-state index in [9.17, 15) is 4.79 Å². The Morgan fingerprint density at radius 2 is 2.07 bits per heavy atom. The summed E-state index contributed by atoms with van der Waals surface area (Å²) in [5.41, 5.74) is 1.79. The van der Waals surface area contributed by atoms with Crippen LogP contribution in [0.4, 0.5) is 0 Å². The molecule has 0 bridgehead atoms. The van der Waals surface area contributed by atoms with Gasteiger partial charge in [-0.3, -0.25) is 4.79 Å². The standard InChI is InChI=1S/C20H23N3O3S/c1-23(2)17(18-5-4-10-26-18)12-21-19(24)11-15-13-27-20(22-15)14-6-8-16(25-3)9-7-14/h4-10,13,17H,11-12H2,1-3H3,(H,21,24)/p+1/t17-/m1/s1. The molecule has 2 heterocycles. The molecular formula is C20H24N3O3S+. The molecule has 0 saturated heterocycles. The van der Waals surface area contributed by atoms with Crippen LogP contribution >= 0.6 is 11.3 Å². The van der Waals surface area contributed by atoms with Gasteiger partial charge in [-0.1, -0.05) is 0 Å². The fourth-order valence-electron chi connectivity index (χ4n) is 2.78. The zero-order valence-corrected chi connectivity index (χ0v) is 16.5. The first-order valence-electron chi connectivity index (χ1n) is 8.76. The van der Waals surface area contributed by atoms with E-state index in [1.807, 2.05) is 55.9 Å². The van der Waals surface area contributed by atoms with Crippen LogP contribution < -0.4 is 15.0 Å². The average molecular weight is 386 g/mol. The number of likely N-dealkylation sites (N-methyl/N-ethyl adjacent to an activating group) is 1. The highest BCUT2D eigenvalue weighted by Gasteiger charge is 2.21. The largest absolute Gasteiger partial charge is 0.497 e. The number of furan rings is 1. The average Bonchev–Trinajstić information content (AvgIpc) is 3.34. The summed E-state index contributed by atoms with van der Waals surface area (Å²) in [5.74, 6) is 1.63. The molecule has 2 N–H and O–H groups in total. The monoisotopic (exact) mass is 386 g/mol. The molecule has 3 aromatic rings. The molecule has 7 heteroatoms. The third-order valence-electron chi connectivity index (χ3n) is 4.32.